The number of ether oxygens (including phenoxy) is 2. The number of esters is 1. The Morgan fingerprint density at radius 3 is 2.41 bits per heavy atom. The van der Waals surface area contributed by atoms with Crippen molar-refractivity contribution in [1.82, 2.24) is 5.32 Å². The van der Waals surface area contributed by atoms with Gasteiger partial charge in [0.15, 0.2) is 5.92 Å². The molecule has 1 atom stereocenters. The van der Waals surface area contributed by atoms with E-state index in [1.54, 1.807) is 30.3 Å². The van der Waals surface area contributed by atoms with Crippen LogP contribution in [0.4, 0.5) is 16.2 Å². The Labute approximate surface area is 165 Å². The van der Waals surface area contributed by atoms with E-state index in [1.807, 2.05) is 0 Å². The van der Waals surface area contributed by atoms with Gasteiger partial charge in [-0.15, -0.1) is 0 Å². The van der Waals surface area contributed by atoms with Gasteiger partial charge in [0.25, 0.3) is 5.91 Å². The van der Waals surface area contributed by atoms with Gasteiger partial charge in [0.2, 0.25) is 5.91 Å². The predicted molar refractivity (Wildman–Crippen MR) is 103 cm³/mol. The summed E-state index contributed by atoms with van der Waals surface area (Å²) in [6.45, 7) is 0. The van der Waals surface area contributed by atoms with E-state index in [0.717, 1.165) is 11.1 Å². The van der Waals surface area contributed by atoms with E-state index in [-0.39, 0.29) is 16.9 Å². The van der Waals surface area contributed by atoms with E-state index >= 15 is 0 Å². The van der Waals surface area contributed by atoms with Crippen LogP contribution in [0.25, 0.3) is 0 Å². The fourth-order valence-electron chi connectivity index (χ4n) is 2.72. The average molecular weight is 395 g/mol. The van der Waals surface area contributed by atoms with Crippen molar-refractivity contribution in [2.45, 2.75) is 0 Å². The highest BCUT2D eigenvalue weighted by Gasteiger charge is 2.40. The van der Waals surface area contributed by atoms with Crippen LogP contribution in [-0.4, -0.2) is 44.2 Å². The van der Waals surface area contributed by atoms with Crippen LogP contribution >= 0.6 is 0 Å². The molecule has 0 bridgehead atoms. The van der Waals surface area contributed by atoms with Crippen LogP contribution in [0.2, 0.25) is 0 Å². The molecular formula is C20H17N3O6. The van der Waals surface area contributed by atoms with Crippen molar-refractivity contribution in [2.24, 2.45) is 10.9 Å². The smallest absolute Gasteiger partial charge is 0.340 e. The lowest BCUT2D eigenvalue weighted by atomic mass is 10.1. The summed E-state index contributed by atoms with van der Waals surface area (Å²) in [5.41, 5.74) is 0.681. The van der Waals surface area contributed by atoms with Crippen molar-refractivity contribution in [3.8, 4) is 5.75 Å². The van der Waals surface area contributed by atoms with Gasteiger partial charge in [-0.25, -0.2) is 14.5 Å². The number of carbonyl (C=O) groups excluding carboxylic acids is 4. The van der Waals surface area contributed by atoms with Crippen LogP contribution in [0.15, 0.2) is 53.5 Å². The van der Waals surface area contributed by atoms with Crippen molar-refractivity contribution in [3.63, 3.8) is 0 Å². The molecule has 0 aromatic heterocycles. The van der Waals surface area contributed by atoms with Crippen molar-refractivity contribution in [3.05, 3.63) is 54.1 Å². The zero-order chi connectivity index (χ0) is 21.0. The molecule has 9 nitrogen and oxygen atoms in total. The molecule has 3 rings (SSSR count). The Balaban J connectivity index is 1.90. The first-order valence-corrected chi connectivity index (χ1v) is 8.50. The molecule has 0 radical (unpaired) electrons. The van der Waals surface area contributed by atoms with Gasteiger partial charge in [-0.2, -0.15) is 0 Å². The molecule has 2 aromatic carbocycles. The van der Waals surface area contributed by atoms with Gasteiger partial charge in [0.1, 0.15) is 5.75 Å². The number of imide groups is 2. The van der Waals surface area contributed by atoms with Crippen LogP contribution in [0.1, 0.15) is 10.4 Å². The second-order valence-electron chi connectivity index (χ2n) is 5.93. The highest BCUT2D eigenvalue weighted by Crippen LogP contribution is 2.24. The Morgan fingerprint density at radius 1 is 1.07 bits per heavy atom. The largest absolute Gasteiger partial charge is 0.497 e. The zero-order valence-electron chi connectivity index (χ0n) is 15.6. The van der Waals surface area contributed by atoms with Gasteiger partial charge in [0, 0.05) is 6.21 Å². The second kappa shape index (κ2) is 8.34. The van der Waals surface area contributed by atoms with Gasteiger partial charge < -0.3 is 9.47 Å². The van der Waals surface area contributed by atoms with Gasteiger partial charge >= 0.3 is 12.0 Å². The highest BCUT2D eigenvalue weighted by molar-refractivity contribution is 6.32. The third-order valence-corrected chi connectivity index (χ3v) is 4.20. The first kappa shape index (κ1) is 19.7. The third kappa shape index (κ3) is 3.98. The van der Waals surface area contributed by atoms with E-state index in [0.29, 0.717) is 5.75 Å². The quantitative estimate of drug-likeness (QED) is 0.471. The molecule has 0 aliphatic carbocycles. The molecule has 1 saturated heterocycles. The van der Waals surface area contributed by atoms with Crippen molar-refractivity contribution in [1.29, 1.82) is 0 Å². The van der Waals surface area contributed by atoms with Gasteiger partial charge in [-0.05, 0) is 36.4 Å². The van der Waals surface area contributed by atoms with Crippen molar-refractivity contribution in [2.75, 3.05) is 19.1 Å². The molecule has 0 unspecified atom stereocenters. The van der Waals surface area contributed by atoms with E-state index in [4.69, 9.17) is 9.47 Å². The van der Waals surface area contributed by atoms with E-state index < -0.39 is 29.7 Å². The Kier molecular flexibility index (Phi) is 5.68. The Morgan fingerprint density at radius 2 is 1.76 bits per heavy atom. The molecule has 2 aromatic rings. The second-order valence-corrected chi connectivity index (χ2v) is 5.93. The summed E-state index contributed by atoms with van der Waals surface area (Å²) in [4.78, 5) is 54.0. The third-order valence-electron chi connectivity index (χ3n) is 4.20. The number of aliphatic imine (C=N–C) groups is 1. The maximum Gasteiger partial charge on any atom is 0.340 e. The fraction of sp³-hybridized carbons (Fsp3) is 0.150. The lowest BCUT2D eigenvalue weighted by molar-refractivity contribution is -0.131. The number of amides is 4. The first-order chi connectivity index (χ1) is 14.0. The number of urea groups is 1. The summed E-state index contributed by atoms with van der Waals surface area (Å²) < 4.78 is 9.76. The maximum atomic E-state index is 12.8. The number of nitrogens with one attached hydrogen (secondary N) is 1. The molecule has 1 fully saturated rings. The summed E-state index contributed by atoms with van der Waals surface area (Å²) in [5.74, 6) is -2.97. The molecule has 1 heterocycles. The zero-order valence-corrected chi connectivity index (χ0v) is 15.6. The van der Waals surface area contributed by atoms with Crippen LogP contribution in [0.5, 0.6) is 5.75 Å². The van der Waals surface area contributed by atoms with Gasteiger partial charge in [-0.1, -0.05) is 12.1 Å². The lowest BCUT2D eigenvalue weighted by Gasteiger charge is -2.28. The van der Waals surface area contributed by atoms with Crippen molar-refractivity contribution < 1.29 is 28.7 Å². The number of hydrogen-bond donors (Lipinski definition) is 1. The molecule has 1 N–H and O–H groups in total. The van der Waals surface area contributed by atoms with Crippen LogP contribution in [-0.2, 0) is 14.3 Å². The molecule has 1 aliphatic rings. The lowest BCUT2D eigenvalue weighted by Crippen LogP contribution is -2.58. The summed E-state index contributed by atoms with van der Waals surface area (Å²) in [6.07, 6.45) is 1.10. The van der Waals surface area contributed by atoms with E-state index in [9.17, 15) is 19.2 Å². The number of anilines is 1. The molecule has 0 saturated carbocycles. The molecular weight excluding hydrogens is 378 g/mol. The molecule has 0 spiro atoms. The van der Waals surface area contributed by atoms with Crippen LogP contribution in [0, 0.1) is 5.92 Å². The monoisotopic (exact) mass is 395 g/mol. The minimum atomic E-state index is -1.35. The summed E-state index contributed by atoms with van der Waals surface area (Å²) >= 11 is 0. The number of benzene rings is 2. The topological polar surface area (TPSA) is 114 Å². The van der Waals surface area contributed by atoms with Gasteiger partial charge in [-0.3, -0.25) is 19.9 Å². The summed E-state index contributed by atoms with van der Waals surface area (Å²) in [6, 6.07) is 11.7. The van der Waals surface area contributed by atoms with Gasteiger partial charge in [0.05, 0.1) is 31.2 Å². The number of para-hydroxylation sites is 1. The Bertz CT molecular complexity index is 1000. The number of nitrogens with zero attached hydrogens (tertiary/aromatic N) is 2. The highest BCUT2D eigenvalue weighted by atomic mass is 16.5. The SMILES string of the molecule is COC(=O)c1ccccc1N=C[C@@H]1C(=O)NC(=O)N(c2ccc(OC)cc2)C1=O. The van der Waals surface area contributed by atoms with Crippen LogP contribution in [0.3, 0.4) is 0 Å². The van der Waals surface area contributed by atoms with E-state index in [2.05, 4.69) is 10.3 Å². The molecule has 4 amide bonds. The number of methoxy groups -OCH3 is 2. The molecule has 9 heteroatoms. The number of rotatable bonds is 5. The molecule has 29 heavy (non-hydrogen) atoms. The first-order valence-electron chi connectivity index (χ1n) is 8.50. The minimum absolute atomic E-state index is 0.179. The van der Waals surface area contributed by atoms with E-state index in [1.165, 1.54) is 32.4 Å². The fourth-order valence-corrected chi connectivity index (χ4v) is 2.72. The van der Waals surface area contributed by atoms with Crippen LogP contribution < -0.4 is 15.0 Å². The molecule has 148 valence electrons. The normalized spacial score (nSPS) is 16.7. The minimum Gasteiger partial charge on any atom is -0.497 e. The van der Waals surface area contributed by atoms with Crippen molar-refractivity contribution >= 4 is 41.4 Å². The standard InChI is InChI=1S/C20H17N3O6/c1-28-13-9-7-12(8-10-13)23-18(25)15(17(24)22-20(23)27)11-21-16-6-4-3-5-14(16)19(26)29-2/h3-11,15H,1-2H3,(H,22,24,27)/t15-/m1/s1. The average Bonchev–Trinajstić information content (AvgIpc) is 2.73. The maximum absolute atomic E-state index is 12.8. The number of barbiturate groups is 1. The summed E-state index contributed by atoms with van der Waals surface area (Å²) in [5, 5.41) is 2.13. The number of carbonyl (C=O) groups is 4. The number of hydrogen-bond acceptors (Lipinski definition) is 7. The Hall–Kier alpha value is -4.01. The summed E-state index contributed by atoms with van der Waals surface area (Å²) in [7, 11) is 2.73. The predicted octanol–water partition coefficient (Wildman–Crippen LogP) is 2.08. The molecule has 1 aliphatic heterocycles.